The predicted octanol–water partition coefficient (Wildman–Crippen LogP) is 3.06. The molecule has 3 fully saturated rings. The van der Waals surface area contributed by atoms with Gasteiger partial charge in [0.15, 0.2) is 0 Å². The van der Waals surface area contributed by atoms with Crippen LogP contribution in [0.2, 0.25) is 0 Å². The fraction of sp³-hybridized carbons (Fsp3) is 0.778. The summed E-state index contributed by atoms with van der Waals surface area (Å²) in [6.45, 7) is 2.33. The van der Waals surface area contributed by atoms with Gasteiger partial charge in [0.2, 0.25) is 0 Å². The number of rotatable bonds is 0. The highest BCUT2D eigenvalue weighted by molar-refractivity contribution is 5.28. The maximum Gasteiger partial charge on any atom is 0.0905 e. The first-order valence-electron chi connectivity index (χ1n) is 8.34. The molecule has 3 saturated carbocycles. The highest BCUT2D eigenvalue weighted by atomic mass is 16.3. The Bertz CT molecular complexity index is 466. The van der Waals surface area contributed by atoms with Crippen LogP contribution in [-0.4, -0.2) is 22.4 Å². The van der Waals surface area contributed by atoms with Crippen LogP contribution in [0.15, 0.2) is 23.8 Å². The van der Waals surface area contributed by atoms with Crippen LogP contribution in [0.5, 0.6) is 0 Å². The van der Waals surface area contributed by atoms with Gasteiger partial charge in [-0.25, -0.2) is 0 Å². The molecule has 0 aromatic rings. The summed E-state index contributed by atoms with van der Waals surface area (Å²) in [5, 5.41) is 20.2. The van der Waals surface area contributed by atoms with E-state index in [0.717, 1.165) is 30.6 Å². The Hall–Kier alpha value is -0.600. The molecule has 0 aromatic carbocycles. The zero-order chi connectivity index (χ0) is 13.9. The molecule has 4 unspecified atom stereocenters. The van der Waals surface area contributed by atoms with Crippen LogP contribution in [0, 0.1) is 29.1 Å². The van der Waals surface area contributed by atoms with Gasteiger partial charge in [-0.05, 0) is 61.7 Å². The quantitative estimate of drug-likeness (QED) is 0.667. The summed E-state index contributed by atoms with van der Waals surface area (Å²) in [5.74, 6) is 2.83. The van der Waals surface area contributed by atoms with E-state index in [1.54, 1.807) is 0 Å². The van der Waals surface area contributed by atoms with Gasteiger partial charge < -0.3 is 10.2 Å². The van der Waals surface area contributed by atoms with E-state index in [1.807, 2.05) is 6.08 Å². The van der Waals surface area contributed by atoms with Crippen molar-refractivity contribution in [1.29, 1.82) is 0 Å². The summed E-state index contributed by atoms with van der Waals surface area (Å²) in [5.41, 5.74) is 1.66. The van der Waals surface area contributed by atoms with Crippen molar-refractivity contribution in [3.63, 3.8) is 0 Å². The van der Waals surface area contributed by atoms with Gasteiger partial charge in [0.05, 0.1) is 12.2 Å². The van der Waals surface area contributed by atoms with Crippen molar-refractivity contribution in [1.82, 2.24) is 0 Å². The Labute approximate surface area is 121 Å². The minimum atomic E-state index is -0.361. The zero-order valence-corrected chi connectivity index (χ0v) is 12.3. The number of aliphatic hydroxyl groups excluding tert-OH is 2. The van der Waals surface area contributed by atoms with Gasteiger partial charge in [-0.15, -0.1) is 0 Å². The summed E-state index contributed by atoms with van der Waals surface area (Å²) in [7, 11) is 0. The van der Waals surface area contributed by atoms with Gasteiger partial charge in [-0.2, -0.15) is 0 Å². The largest absolute Gasteiger partial charge is 0.393 e. The smallest absolute Gasteiger partial charge is 0.0905 e. The van der Waals surface area contributed by atoms with E-state index in [2.05, 4.69) is 19.1 Å². The molecule has 0 radical (unpaired) electrons. The summed E-state index contributed by atoms with van der Waals surface area (Å²) >= 11 is 0. The second kappa shape index (κ2) is 4.45. The maximum atomic E-state index is 10.4. The number of hydrogen-bond acceptors (Lipinski definition) is 2. The molecular weight excluding hydrogens is 248 g/mol. The summed E-state index contributed by atoms with van der Waals surface area (Å²) < 4.78 is 0. The first-order valence-corrected chi connectivity index (χ1v) is 8.34. The fourth-order valence-electron chi connectivity index (χ4n) is 5.89. The summed E-state index contributed by atoms with van der Waals surface area (Å²) in [6, 6.07) is 0. The van der Waals surface area contributed by atoms with Gasteiger partial charge in [-0.3, -0.25) is 0 Å². The molecule has 4 rings (SSSR count). The number of aliphatic hydroxyl groups is 2. The fourth-order valence-corrected chi connectivity index (χ4v) is 5.89. The molecule has 0 spiro atoms. The molecule has 0 aromatic heterocycles. The number of allylic oxidation sites excluding steroid dienone is 2. The second-order valence-electron chi connectivity index (χ2n) is 7.75. The van der Waals surface area contributed by atoms with Crippen molar-refractivity contribution in [2.75, 3.05) is 0 Å². The molecule has 4 aliphatic carbocycles. The van der Waals surface area contributed by atoms with E-state index < -0.39 is 0 Å². The van der Waals surface area contributed by atoms with Crippen LogP contribution in [-0.2, 0) is 0 Å². The molecule has 2 heteroatoms. The summed E-state index contributed by atoms with van der Waals surface area (Å²) in [4.78, 5) is 0. The lowest BCUT2D eigenvalue weighted by Gasteiger charge is -2.52. The van der Waals surface area contributed by atoms with Gasteiger partial charge in [0, 0.05) is 5.92 Å². The molecule has 4 aliphatic rings. The van der Waals surface area contributed by atoms with Crippen LogP contribution in [0.4, 0.5) is 0 Å². The molecule has 0 heterocycles. The van der Waals surface area contributed by atoms with E-state index >= 15 is 0 Å². The zero-order valence-electron chi connectivity index (χ0n) is 12.3. The number of hydrogen-bond donors (Lipinski definition) is 2. The van der Waals surface area contributed by atoms with Crippen LogP contribution >= 0.6 is 0 Å². The maximum absolute atomic E-state index is 10.4. The van der Waals surface area contributed by atoms with E-state index in [0.29, 0.717) is 5.92 Å². The topological polar surface area (TPSA) is 40.5 Å². The van der Waals surface area contributed by atoms with Crippen molar-refractivity contribution in [2.24, 2.45) is 29.1 Å². The highest BCUT2D eigenvalue weighted by Gasteiger charge is 2.55. The van der Waals surface area contributed by atoms with Gasteiger partial charge in [0.25, 0.3) is 0 Å². The molecule has 0 saturated heterocycles. The molecule has 0 aliphatic heterocycles. The third kappa shape index (κ3) is 1.70. The Balaban J connectivity index is 1.63. The van der Waals surface area contributed by atoms with Crippen molar-refractivity contribution < 1.29 is 10.2 Å². The summed E-state index contributed by atoms with van der Waals surface area (Å²) in [6.07, 6.45) is 12.9. The predicted molar refractivity (Wildman–Crippen MR) is 79.0 cm³/mol. The van der Waals surface area contributed by atoms with E-state index in [1.165, 1.54) is 31.3 Å². The van der Waals surface area contributed by atoms with Crippen LogP contribution in [0.1, 0.15) is 45.4 Å². The minimum absolute atomic E-state index is 0.0749. The lowest BCUT2D eigenvalue weighted by Crippen LogP contribution is -2.47. The molecule has 0 bridgehead atoms. The van der Waals surface area contributed by atoms with Gasteiger partial charge >= 0.3 is 0 Å². The average Bonchev–Trinajstić information content (AvgIpc) is 2.74. The second-order valence-corrected chi connectivity index (χ2v) is 7.75. The normalized spacial score (nSPS) is 53.9. The lowest BCUT2D eigenvalue weighted by atomic mass is 9.53. The van der Waals surface area contributed by atoms with E-state index in [9.17, 15) is 10.2 Å². The van der Waals surface area contributed by atoms with Crippen molar-refractivity contribution >= 4 is 0 Å². The minimum Gasteiger partial charge on any atom is -0.393 e. The first kappa shape index (κ1) is 13.1. The molecule has 110 valence electrons. The van der Waals surface area contributed by atoms with Crippen molar-refractivity contribution in [2.45, 2.75) is 57.7 Å². The average molecular weight is 274 g/mol. The van der Waals surface area contributed by atoms with Crippen LogP contribution in [0.25, 0.3) is 0 Å². The Morgan fingerprint density at radius 2 is 1.90 bits per heavy atom. The Morgan fingerprint density at radius 3 is 2.75 bits per heavy atom. The van der Waals surface area contributed by atoms with E-state index in [-0.39, 0.29) is 17.6 Å². The lowest BCUT2D eigenvalue weighted by molar-refractivity contribution is -0.0474. The van der Waals surface area contributed by atoms with Crippen LogP contribution in [0.3, 0.4) is 0 Å². The van der Waals surface area contributed by atoms with Crippen molar-refractivity contribution in [3.8, 4) is 0 Å². The van der Waals surface area contributed by atoms with Crippen molar-refractivity contribution in [3.05, 3.63) is 23.8 Å². The Morgan fingerprint density at radius 1 is 1.05 bits per heavy atom. The molecule has 7 atom stereocenters. The van der Waals surface area contributed by atoms with Gasteiger partial charge in [-0.1, -0.05) is 30.7 Å². The number of fused-ring (bicyclic) bond motifs is 5. The van der Waals surface area contributed by atoms with Crippen LogP contribution < -0.4 is 0 Å². The Kier molecular flexibility index (Phi) is 2.91. The monoisotopic (exact) mass is 274 g/mol. The third-order valence-electron chi connectivity index (χ3n) is 7.00. The van der Waals surface area contributed by atoms with E-state index in [4.69, 9.17) is 0 Å². The first-order chi connectivity index (χ1) is 9.59. The molecular formula is C18H26O2. The molecule has 2 N–H and O–H groups in total. The van der Waals surface area contributed by atoms with Gasteiger partial charge in [0.1, 0.15) is 0 Å². The highest BCUT2D eigenvalue weighted by Crippen LogP contribution is 2.61. The third-order valence-corrected chi connectivity index (χ3v) is 7.00. The molecule has 20 heavy (non-hydrogen) atoms. The SMILES string of the molecule is C[C@]12CCC3C4C=C[C@@H](O)C=C4CCC3C1CC[C@@H]2O. The molecule has 0 amide bonds. The standard InChI is InChI=1S/C18H26O2/c1-18-9-8-14-13-5-3-12(19)10-11(13)2-4-15(14)16(18)6-7-17(18)20/h3,5,10,12-17,19-20H,2,4,6-9H2,1H3/t12-,13?,14?,15?,16?,17+,18+/m1/s1. The molecule has 2 nitrogen and oxygen atoms in total.